The lowest BCUT2D eigenvalue weighted by atomic mass is 10.0. The Balaban J connectivity index is 2.39. The first-order valence-corrected chi connectivity index (χ1v) is 7.29. The summed E-state index contributed by atoms with van der Waals surface area (Å²) >= 11 is 2.39. The van der Waals surface area contributed by atoms with Gasteiger partial charge in [-0.05, 0) is 53.8 Å². The summed E-state index contributed by atoms with van der Waals surface area (Å²) in [5.74, 6) is 0. The summed E-state index contributed by atoms with van der Waals surface area (Å²) in [5, 5.41) is 7.80. The zero-order valence-corrected chi connectivity index (χ0v) is 12.9. The van der Waals surface area contributed by atoms with Crippen LogP contribution in [0.25, 0.3) is 0 Å². The molecule has 0 amide bonds. The predicted molar refractivity (Wildman–Crippen MR) is 82.6 cm³/mol. The van der Waals surface area contributed by atoms with Crippen molar-refractivity contribution >= 4 is 22.6 Å². The van der Waals surface area contributed by atoms with E-state index < -0.39 is 0 Å². The average Bonchev–Trinajstić information content (AvgIpc) is 2.82. The van der Waals surface area contributed by atoms with Crippen molar-refractivity contribution in [3.63, 3.8) is 0 Å². The van der Waals surface area contributed by atoms with Gasteiger partial charge in [-0.3, -0.25) is 4.68 Å². The summed E-state index contributed by atoms with van der Waals surface area (Å²) in [7, 11) is 2.00. The molecule has 1 aromatic heterocycles. The molecule has 96 valence electrons. The quantitative estimate of drug-likeness (QED) is 0.835. The number of rotatable bonds is 5. The topological polar surface area (TPSA) is 29.9 Å². The van der Waals surface area contributed by atoms with Crippen molar-refractivity contribution < 1.29 is 0 Å². The predicted octanol–water partition coefficient (Wildman–Crippen LogP) is 3.21. The van der Waals surface area contributed by atoms with Crippen LogP contribution in [0.15, 0.2) is 36.5 Å². The molecule has 18 heavy (non-hydrogen) atoms. The molecule has 2 rings (SSSR count). The number of hydrogen-bond donors (Lipinski definition) is 1. The van der Waals surface area contributed by atoms with Crippen molar-refractivity contribution in [1.82, 2.24) is 15.1 Å². The molecule has 1 N–H and O–H groups in total. The summed E-state index contributed by atoms with van der Waals surface area (Å²) in [6.45, 7) is 3.13. The van der Waals surface area contributed by atoms with Crippen LogP contribution in [0.4, 0.5) is 0 Å². The maximum Gasteiger partial charge on any atom is 0.0756 e. The highest BCUT2D eigenvalue weighted by Crippen LogP contribution is 2.25. The van der Waals surface area contributed by atoms with Crippen molar-refractivity contribution in [3.8, 4) is 0 Å². The molecule has 1 heterocycles. The molecule has 1 atom stereocenters. The van der Waals surface area contributed by atoms with E-state index in [0.29, 0.717) is 0 Å². The number of hydrogen-bond acceptors (Lipinski definition) is 2. The highest BCUT2D eigenvalue weighted by Gasteiger charge is 2.18. The molecule has 0 fully saturated rings. The summed E-state index contributed by atoms with van der Waals surface area (Å²) in [5.41, 5.74) is 2.53. The SMILES string of the molecule is CCCn1nccc1C(NC)c1ccccc1I. The van der Waals surface area contributed by atoms with Crippen molar-refractivity contribution in [1.29, 1.82) is 0 Å². The molecule has 0 radical (unpaired) electrons. The van der Waals surface area contributed by atoms with E-state index in [1.165, 1.54) is 14.8 Å². The lowest BCUT2D eigenvalue weighted by Gasteiger charge is -2.19. The summed E-state index contributed by atoms with van der Waals surface area (Å²) < 4.78 is 3.36. The van der Waals surface area contributed by atoms with Crippen LogP contribution in [0, 0.1) is 3.57 Å². The molecule has 1 aromatic carbocycles. The largest absolute Gasteiger partial charge is 0.308 e. The Labute approximate surface area is 122 Å². The minimum Gasteiger partial charge on any atom is -0.308 e. The first-order valence-electron chi connectivity index (χ1n) is 6.21. The Morgan fingerprint density at radius 1 is 1.33 bits per heavy atom. The van der Waals surface area contributed by atoms with Gasteiger partial charge in [0.1, 0.15) is 0 Å². The lowest BCUT2D eigenvalue weighted by Crippen LogP contribution is -2.22. The van der Waals surface area contributed by atoms with Crippen molar-refractivity contribution in [2.75, 3.05) is 7.05 Å². The fourth-order valence-electron chi connectivity index (χ4n) is 2.16. The number of halogens is 1. The van der Waals surface area contributed by atoms with Gasteiger partial charge >= 0.3 is 0 Å². The molecule has 0 aliphatic carbocycles. The van der Waals surface area contributed by atoms with Gasteiger partial charge in [-0.2, -0.15) is 5.10 Å². The number of aryl methyl sites for hydroxylation is 1. The van der Waals surface area contributed by atoms with Crippen LogP contribution in [0.2, 0.25) is 0 Å². The van der Waals surface area contributed by atoms with Crippen molar-refractivity contribution in [3.05, 3.63) is 51.4 Å². The molecular weight excluding hydrogens is 337 g/mol. The number of nitrogens with one attached hydrogen (secondary N) is 1. The summed E-state index contributed by atoms with van der Waals surface area (Å²) in [6.07, 6.45) is 2.97. The van der Waals surface area contributed by atoms with Crippen molar-refractivity contribution in [2.24, 2.45) is 0 Å². The molecule has 0 spiro atoms. The summed E-state index contributed by atoms with van der Waals surface area (Å²) in [4.78, 5) is 0. The number of benzene rings is 1. The fraction of sp³-hybridized carbons (Fsp3) is 0.357. The molecular formula is C14H18IN3. The molecule has 0 saturated carbocycles. The van der Waals surface area contributed by atoms with Gasteiger partial charge in [0.2, 0.25) is 0 Å². The van der Waals surface area contributed by atoms with E-state index in [1.807, 2.05) is 13.2 Å². The Kier molecular flexibility index (Phi) is 4.77. The van der Waals surface area contributed by atoms with Crippen molar-refractivity contribution in [2.45, 2.75) is 25.9 Å². The molecule has 0 saturated heterocycles. The Morgan fingerprint density at radius 3 is 2.78 bits per heavy atom. The minimum absolute atomic E-state index is 0.201. The normalized spacial score (nSPS) is 12.6. The number of aromatic nitrogens is 2. The Hall–Kier alpha value is -0.880. The number of nitrogens with zero attached hydrogens (tertiary/aromatic N) is 2. The van der Waals surface area contributed by atoms with E-state index >= 15 is 0 Å². The van der Waals surface area contributed by atoms with Crippen LogP contribution in [0.1, 0.15) is 30.6 Å². The van der Waals surface area contributed by atoms with E-state index in [0.717, 1.165) is 13.0 Å². The van der Waals surface area contributed by atoms with Crippen LogP contribution in [-0.4, -0.2) is 16.8 Å². The van der Waals surface area contributed by atoms with Gasteiger partial charge in [0.15, 0.2) is 0 Å². The summed E-state index contributed by atoms with van der Waals surface area (Å²) in [6, 6.07) is 10.8. The fourth-order valence-corrected chi connectivity index (χ4v) is 2.86. The smallest absolute Gasteiger partial charge is 0.0756 e. The molecule has 2 aromatic rings. The highest BCUT2D eigenvalue weighted by atomic mass is 127. The van der Waals surface area contributed by atoms with E-state index in [9.17, 15) is 0 Å². The first kappa shape index (κ1) is 13.5. The Morgan fingerprint density at radius 2 is 2.11 bits per heavy atom. The second-order valence-electron chi connectivity index (χ2n) is 4.22. The van der Waals surface area contributed by atoms with Crippen LogP contribution in [-0.2, 0) is 6.54 Å². The average molecular weight is 355 g/mol. The molecule has 4 heteroatoms. The van der Waals surface area contributed by atoms with E-state index in [-0.39, 0.29) is 6.04 Å². The third-order valence-corrected chi connectivity index (χ3v) is 3.97. The maximum atomic E-state index is 4.40. The molecule has 1 unspecified atom stereocenters. The van der Waals surface area contributed by atoms with Gasteiger partial charge < -0.3 is 5.32 Å². The zero-order chi connectivity index (χ0) is 13.0. The van der Waals surface area contributed by atoms with Crippen LogP contribution in [0.3, 0.4) is 0 Å². The van der Waals surface area contributed by atoms with E-state index in [2.05, 4.69) is 74.9 Å². The van der Waals surface area contributed by atoms with Gasteiger partial charge in [0.05, 0.1) is 11.7 Å². The van der Waals surface area contributed by atoms with Gasteiger partial charge in [-0.15, -0.1) is 0 Å². The standard InChI is InChI=1S/C14H18IN3/c1-3-10-18-13(8-9-17-18)14(16-2)11-6-4-5-7-12(11)15/h4-9,14,16H,3,10H2,1-2H3. The van der Waals surface area contributed by atoms with Gasteiger partial charge in [-0.25, -0.2) is 0 Å². The molecule has 0 aliphatic heterocycles. The van der Waals surface area contributed by atoms with Gasteiger partial charge in [0, 0.05) is 16.3 Å². The van der Waals surface area contributed by atoms with Crippen LogP contribution >= 0.6 is 22.6 Å². The highest BCUT2D eigenvalue weighted by molar-refractivity contribution is 14.1. The minimum atomic E-state index is 0.201. The maximum absolute atomic E-state index is 4.40. The monoisotopic (exact) mass is 355 g/mol. The zero-order valence-electron chi connectivity index (χ0n) is 10.7. The molecule has 0 bridgehead atoms. The van der Waals surface area contributed by atoms with Gasteiger partial charge in [0.25, 0.3) is 0 Å². The first-order chi connectivity index (χ1) is 8.77. The Bertz CT molecular complexity index is 507. The lowest BCUT2D eigenvalue weighted by molar-refractivity contribution is 0.534. The third kappa shape index (κ3) is 2.75. The third-order valence-electron chi connectivity index (χ3n) is 2.99. The van der Waals surface area contributed by atoms with E-state index in [4.69, 9.17) is 0 Å². The molecule has 0 aliphatic rings. The van der Waals surface area contributed by atoms with Gasteiger partial charge in [-0.1, -0.05) is 25.1 Å². The van der Waals surface area contributed by atoms with E-state index in [1.54, 1.807) is 0 Å². The van der Waals surface area contributed by atoms with Crippen LogP contribution < -0.4 is 5.32 Å². The second-order valence-corrected chi connectivity index (χ2v) is 5.38. The second kappa shape index (κ2) is 6.33. The molecule has 3 nitrogen and oxygen atoms in total. The van der Waals surface area contributed by atoms with Crippen LogP contribution in [0.5, 0.6) is 0 Å².